The van der Waals surface area contributed by atoms with Gasteiger partial charge in [-0.25, -0.2) is 0 Å². The Hall–Kier alpha value is -0.0000000000000000555. The van der Waals surface area contributed by atoms with E-state index in [1.165, 1.54) is 0 Å². The molecule has 0 spiro atoms. The molecule has 1 aliphatic heterocycles. The largest absolute Gasteiger partial charge is 0.522 e. The Morgan fingerprint density at radius 3 is 2.67 bits per heavy atom. The van der Waals surface area contributed by atoms with Crippen molar-refractivity contribution in [3.8, 4) is 0 Å². The molecule has 0 aromatic rings. The summed E-state index contributed by atoms with van der Waals surface area (Å²) in [7, 11) is 0. The molecule has 1 heterocycles. The number of alkyl halides is 4. The van der Waals surface area contributed by atoms with Crippen LogP contribution in [0.4, 0.5) is 13.2 Å². The molecule has 0 aliphatic carbocycles. The molecule has 1 saturated heterocycles. The van der Waals surface area contributed by atoms with E-state index < -0.39 is 6.36 Å². The summed E-state index contributed by atoms with van der Waals surface area (Å²) in [6, 6.07) is 0.289. The van der Waals surface area contributed by atoms with Crippen LogP contribution in [0, 0.1) is 0 Å². The van der Waals surface area contributed by atoms with E-state index in [0.29, 0.717) is 6.54 Å². The van der Waals surface area contributed by atoms with Gasteiger partial charge < -0.3 is 0 Å². The number of rotatable bonds is 5. The number of likely N-dealkylation sites (tertiary alicyclic amines) is 1. The fourth-order valence-corrected chi connectivity index (χ4v) is 2.66. The van der Waals surface area contributed by atoms with Crippen LogP contribution in [0.2, 0.25) is 0 Å². The highest BCUT2D eigenvalue weighted by Crippen LogP contribution is 2.22. The van der Waals surface area contributed by atoms with Crippen molar-refractivity contribution in [3.63, 3.8) is 0 Å². The van der Waals surface area contributed by atoms with Crippen LogP contribution < -0.4 is 0 Å². The maximum absolute atomic E-state index is 11.9. The highest BCUT2D eigenvalue weighted by Gasteiger charge is 2.30. The van der Waals surface area contributed by atoms with Crippen LogP contribution in [0.15, 0.2) is 0 Å². The zero-order valence-electron chi connectivity index (χ0n) is 10.7. The predicted octanol–water partition coefficient (Wildman–Crippen LogP) is 3.78. The third-order valence-corrected chi connectivity index (χ3v) is 3.42. The van der Waals surface area contributed by atoms with E-state index in [9.17, 15) is 13.2 Å². The first-order chi connectivity index (χ1) is 8.38. The van der Waals surface area contributed by atoms with Gasteiger partial charge in [-0.05, 0) is 32.7 Å². The van der Waals surface area contributed by atoms with Crippen LogP contribution in [0.3, 0.4) is 0 Å². The van der Waals surface area contributed by atoms with Crippen LogP contribution in [-0.2, 0) is 4.74 Å². The van der Waals surface area contributed by atoms with Crippen molar-refractivity contribution in [1.29, 1.82) is 0 Å². The fourth-order valence-electron chi connectivity index (χ4n) is 2.45. The van der Waals surface area contributed by atoms with Crippen molar-refractivity contribution in [2.24, 2.45) is 0 Å². The minimum absolute atomic E-state index is 0.0548. The van der Waals surface area contributed by atoms with E-state index in [-0.39, 0.29) is 18.0 Å². The SMILES string of the molecule is CC(Cl)CC1CCCCCN1CCOC(F)(F)F. The first-order valence-electron chi connectivity index (χ1n) is 6.47. The molecule has 6 heteroatoms. The number of nitrogens with zero attached hydrogens (tertiary/aromatic N) is 1. The van der Waals surface area contributed by atoms with Crippen molar-refractivity contribution in [3.05, 3.63) is 0 Å². The maximum Gasteiger partial charge on any atom is 0.522 e. The average Bonchev–Trinajstić information content (AvgIpc) is 2.42. The van der Waals surface area contributed by atoms with Gasteiger partial charge in [0.25, 0.3) is 0 Å². The molecular formula is C12H21ClF3NO. The van der Waals surface area contributed by atoms with E-state index in [0.717, 1.165) is 38.6 Å². The normalized spacial score (nSPS) is 24.8. The molecule has 108 valence electrons. The monoisotopic (exact) mass is 287 g/mol. The molecule has 1 fully saturated rings. The van der Waals surface area contributed by atoms with E-state index >= 15 is 0 Å². The Labute approximate surface area is 111 Å². The predicted molar refractivity (Wildman–Crippen MR) is 65.8 cm³/mol. The van der Waals surface area contributed by atoms with Crippen LogP contribution in [0.5, 0.6) is 0 Å². The van der Waals surface area contributed by atoms with Crippen molar-refractivity contribution < 1.29 is 17.9 Å². The van der Waals surface area contributed by atoms with Gasteiger partial charge in [-0.2, -0.15) is 0 Å². The zero-order valence-corrected chi connectivity index (χ0v) is 11.4. The Kier molecular flexibility index (Phi) is 6.74. The van der Waals surface area contributed by atoms with Gasteiger partial charge >= 0.3 is 6.36 Å². The summed E-state index contributed by atoms with van der Waals surface area (Å²) in [4.78, 5) is 2.09. The van der Waals surface area contributed by atoms with Gasteiger partial charge in [-0.1, -0.05) is 12.8 Å². The summed E-state index contributed by atoms with van der Waals surface area (Å²) in [5, 5.41) is 0.0548. The summed E-state index contributed by atoms with van der Waals surface area (Å²) in [5.41, 5.74) is 0. The lowest BCUT2D eigenvalue weighted by Crippen LogP contribution is -2.39. The van der Waals surface area contributed by atoms with Crippen molar-refractivity contribution >= 4 is 11.6 Å². The molecule has 2 nitrogen and oxygen atoms in total. The van der Waals surface area contributed by atoms with Crippen molar-refractivity contribution in [2.75, 3.05) is 19.7 Å². The second kappa shape index (κ2) is 7.56. The second-order valence-electron chi connectivity index (χ2n) is 4.85. The van der Waals surface area contributed by atoms with Gasteiger partial charge in [0.2, 0.25) is 0 Å². The quantitative estimate of drug-likeness (QED) is 0.714. The lowest BCUT2D eigenvalue weighted by atomic mass is 10.0. The van der Waals surface area contributed by atoms with Gasteiger partial charge in [0.05, 0.1) is 6.61 Å². The van der Waals surface area contributed by atoms with E-state index in [2.05, 4.69) is 9.64 Å². The first kappa shape index (κ1) is 16.1. The molecule has 0 N–H and O–H groups in total. The standard InChI is InChI=1S/C12H21ClF3NO/c1-10(13)9-11-5-3-2-4-6-17(11)7-8-18-12(14,15)16/h10-11H,2-9H2,1H3. The van der Waals surface area contributed by atoms with E-state index in [1.807, 2.05) is 6.92 Å². The molecule has 0 saturated carbocycles. The molecule has 2 atom stereocenters. The number of ether oxygens (including phenoxy) is 1. The lowest BCUT2D eigenvalue weighted by molar-refractivity contribution is -0.325. The third-order valence-electron chi connectivity index (χ3n) is 3.24. The van der Waals surface area contributed by atoms with Gasteiger partial charge in [0.15, 0.2) is 0 Å². The fraction of sp³-hybridized carbons (Fsp3) is 1.00. The number of hydrogen-bond donors (Lipinski definition) is 0. The summed E-state index contributed by atoms with van der Waals surface area (Å²) < 4.78 is 39.7. The van der Waals surface area contributed by atoms with E-state index in [1.54, 1.807) is 0 Å². The summed E-state index contributed by atoms with van der Waals surface area (Å²) in [6.07, 6.45) is 0.631. The van der Waals surface area contributed by atoms with Crippen molar-refractivity contribution in [2.45, 2.75) is 56.8 Å². The maximum atomic E-state index is 11.9. The number of hydrogen-bond acceptors (Lipinski definition) is 2. The molecule has 1 aliphatic rings. The van der Waals surface area contributed by atoms with E-state index in [4.69, 9.17) is 11.6 Å². The Morgan fingerprint density at radius 1 is 1.33 bits per heavy atom. The third kappa shape index (κ3) is 6.81. The van der Waals surface area contributed by atoms with Crippen LogP contribution in [0.1, 0.15) is 39.0 Å². The van der Waals surface area contributed by atoms with Crippen LogP contribution >= 0.6 is 11.6 Å². The van der Waals surface area contributed by atoms with Crippen LogP contribution in [-0.4, -0.2) is 42.4 Å². The Morgan fingerprint density at radius 2 is 2.06 bits per heavy atom. The first-order valence-corrected chi connectivity index (χ1v) is 6.91. The topological polar surface area (TPSA) is 12.5 Å². The summed E-state index contributed by atoms with van der Waals surface area (Å²) >= 11 is 6.00. The minimum atomic E-state index is -4.53. The molecule has 1 rings (SSSR count). The molecule has 0 aromatic carbocycles. The molecule has 0 radical (unpaired) electrons. The molecule has 18 heavy (non-hydrogen) atoms. The van der Waals surface area contributed by atoms with Gasteiger partial charge in [-0.3, -0.25) is 9.64 Å². The summed E-state index contributed by atoms with van der Waals surface area (Å²) in [5.74, 6) is 0. The highest BCUT2D eigenvalue weighted by atomic mass is 35.5. The van der Waals surface area contributed by atoms with Gasteiger partial charge in [0.1, 0.15) is 0 Å². The molecular weight excluding hydrogens is 267 g/mol. The van der Waals surface area contributed by atoms with Gasteiger partial charge in [-0.15, -0.1) is 24.8 Å². The van der Waals surface area contributed by atoms with Crippen LogP contribution in [0.25, 0.3) is 0 Å². The van der Waals surface area contributed by atoms with Crippen molar-refractivity contribution in [1.82, 2.24) is 4.90 Å². The molecule has 0 bridgehead atoms. The minimum Gasteiger partial charge on any atom is -0.298 e. The highest BCUT2D eigenvalue weighted by molar-refractivity contribution is 6.20. The molecule has 2 unspecified atom stereocenters. The summed E-state index contributed by atoms with van der Waals surface area (Å²) in [6.45, 7) is 2.80. The van der Waals surface area contributed by atoms with Gasteiger partial charge in [0, 0.05) is 18.0 Å². The Balaban J connectivity index is 2.41. The number of halogens is 4. The smallest absolute Gasteiger partial charge is 0.298 e. The molecule has 0 aromatic heterocycles. The lowest BCUT2D eigenvalue weighted by Gasteiger charge is -2.30. The molecule has 0 amide bonds. The average molecular weight is 288 g/mol. The zero-order chi connectivity index (χ0) is 13.6. The second-order valence-corrected chi connectivity index (χ2v) is 5.59. The Bertz CT molecular complexity index is 236.